The van der Waals surface area contributed by atoms with Crippen molar-refractivity contribution in [1.82, 2.24) is 0 Å². The zero-order valence-electron chi connectivity index (χ0n) is 11.3. The molecule has 7 nitrogen and oxygen atoms in total. The Morgan fingerprint density at radius 1 is 1.60 bits per heavy atom. The maximum absolute atomic E-state index is 11.1. The molecule has 0 saturated carbocycles. The number of benzene rings is 1. The van der Waals surface area contributed by atoms with Gasteiger partial charge in [0.05, 0.1) is 11.5 Å². The van der Waals surface area contributed by atoms with Crippen LogP contribution in [-0.4, -0.2) is 30.0 Å². The molecule has 2 rings (SSSR count). The van der Waals surface area contributed by atoms with E-state index in [0.29, 0.717) is 18.8 Å². The predicted octanol–water partition coefficient (Wildman–Crippen LogP) is 2.03. The number of nitrogens with one attached hydrogen (secondary N) is 1. The number of ether oxygens (including phenoxy) is 2. The zero-order chi connectivity index (χ0) is 14.8. The molecule has 0 radical (unpaired) electrons. The molecule has 7 heteroatoms. The highest BCUT2D eigenvalue weighted by atomic mass is 16.7. The van der Waals surface area contributed by atoms with E-state index in [4.69, 9.17) is 14.7 Å². The highest BCUT2D eigenvalue weighted by molar-refractivity contribution is 5.68. The molecule has 0 aliphatic carbocycles. The summed E-state index contributed by atoms with van der Waals surface area (Å²) in [4.78, 5) is 10.5. The number of hydrogen-bond acceptors (Lipinski definition) is 6. The number of nitrogens with zero attached hydrogens (tertiary/aromatic N) is 2. The Kier molecular flexibility index (Phi) is 3.88. The van der Waals surface area contributed by atoms with E-state index in [1.807, 2.05) is 19.9 Å². The van der Waals surface area contributed by atoms with Gasteiger partial charge in [0.25, 0.3) is 0 Å². The number of rotatable bonds is 4. The number of nitro groups is 1. The van der Waals surface area contributed by atoms with Crippen LogP contribution in [0.3, 0.4) is 0 Å². The number of nitriles is 1. The average molecular weight is 277 g/mol. The van der Waals surface area contributed by atoms with Crippen LogP contribution >= 0.6 is 0 Å². The topological polar surface area (TPSA) is 97.4 Å². The van der Waals surface area contributed by atoms with E-state index in [1.165, 1.54) is 6.07 Å². The Bertz CT molecular complexity index is 565. The first kappa shape index (κ1) is 14.2. The summed E-state index contributed by atoms with van der Waals surface area (Å²) >= 11 is 0. The van der Waals surface area contributed by atoms with Crippen LogP contribution in [0.25, 0.3) is 0 Å². The minimum Gasteiger partial charge on any atom is -0.377 e. The van der Waals surface area contributed by atoms with Crippen molar-refractivity contribution in [3.63, 3.8) is 0 Å². The lowest BCUT2D eigenvalue weighted by atomic mass is 10.1. The molecule has 0 amide bonds. The second kappa shape index (κ2) is 5.45. The van der Waals surface area contributed by atoms with Crippen molar-refractivity contribution < 1.29 is 14.4 Å². The van der Waals surface area contributed by atoms with Gasteiger partial charge in [-0.1, -0.05) is 6.07 Å². The predicted molar refractivity (Wildman–Crippen MR) is 71.2 cm³/mol. The van der Waals surface area contributed by atoms with Gasteiger partial charge in [0.1, 0.15) is 23.4 Å². The van der Waals surface area contributed by atoms with Crippen LogP contribution in [0.5, 0.6) is 0 Å². The Morgan fingerprint density at radius 3 is 2.90 bits per heavy atom. The Balaban J connectivity index is 2.11. The molecule has 1 fully saturated rings. The molecular formula is C13H15N3O4. The summed E-state index contributed by atoms with van der Waals surface area (Å²) in [5.41, 5.74) is 0.124. The summed E-state index contributed by atoms with van der Waals surface area (Å²) in [5, 5.41) is 22.9. The fourth-order valence-corrected chi connectivity index (χ4v) is 2.06. The maximum Gasteiger partial charge on any atom is 0.309 e. The number of para-hydroxylation sites is 1. The van der Waals surface area contributed by atoms with E-state index in [-0.39, 0.29) is 17.4 Å². The molecule has 1 saturated heterocycles. The van der Waals surface area contributed by atoms with E-state index in [0.717, 1.165) is 0 Å². The van der Waals surface area contributed by atoms with Gasteiger partial charge in [-0.3, -0.25) is 10.1 Å². The minimum absolute atomic E-state index is 0.0314. The van der Waals surface area contributed by atoms with E-state index in [1.54, 1.807) is 12.1 Å². The zero-order valence-corrected chi connectivity index (χ0v) is 11.3. The molecular weight excluding hydrogens is 262 g/mol. The second-order valence-corrected chi connectivity index (χ2v) is 4.90. The van der Waals surface area contributed by atoms with Gasteiger partial charge in [-0.15, -0.1) is 0 Å². The van der Waals surface area contributed by atoms with Crippen LogP contribution in [0.2, 0.25) is 0 Å². The first-order chi connectivity index (χ1) is 9.43. The van der Waals surface area contributed by atoms with Crippen molar-refractivity contribution in [2.75, 3.05) is 18.5 Å². The number of nitro benzene ring substituents is 1. The first-order valence-electron chi connectivity index (χ1n) is 6.16. The van der Waals surface area contributed by atoms with Gasteiger partial charge >= 0.3 is 5.69 Å². The minimum atomic E-state index is -0.632. The molecule has 0 bridgehead atoms. The van der Waals surface area contributed by atoms with Crippen molar-refractivity contribution in [1.29, 1.82) is 5.26 Å². The molecule has 1 heterocycles. The Hall–Kier alpha value is -2.17. The van der Waals surface area contributed by atoms with E-state index < -0.39 is 10.7 Å². The smallest absolute Gasteiger partial charge is 0.309 e. The fourth-order valence-electron chi connectivity index (χ4n) is 2.06. The Labute approximate surface area is 116 Å². The first-order valence-corrected chi connectivity index (χ1v) is 6.16. The van der Waals surface area contributed by atoms with Crippen LogP contribution in [0.4, 0.5) is 11.4 Å². The molecule has 1 aliphatic rings. The van der Waals surface area contributed by atoms with E-state index in [9.17, 15) is 10.1 Å². The molecule has 1 atom stereocenters. The molecule has 106 valence electrons. The summed E-state index contributed by atoms with van der Waals surface area (Å²) in [5.74, 6) is -0.632. The average Bonchev–Trinajstić information content (AvgIpc) is 2.75. The largest absolute Gasteiger partial charge is 0.377 e. The summed E-state index contributed by atoms with van der Waals surface area (Å²) in [7, 11) is 0. The lowest BCUT2D eigenvalue weighted by Crippen LogP contribution is -2.26. The third-order valence-electron chi connectivity index (χ3n) is 2.93. The van der Waals surface area contributed by atoms with Crippen LogP contribution in [0.1, 0.15) is 19.4 Å². The SMILES string of the molecule is CC1(C)OCC(CNc2cccc(C#N)c2[N+](=O)[O-])O1. The summed E-state index contributed by atoms with van der Waals surface area (Å²) in [6.45, 7) is 4.42. The maximum atomic E-state index is 11.1. The molecule has 1 aliphatic heterocycles. The molecule has 1 N–H and O–H groups in total. The van der Waals surface area contributed by atoms with Crippen LogP contribution < -0.4 is 5.32 Å². The van der Waals surface area contributed by atoms with Crippen molar-refractivity contribution >= 4 is 11.4 Å². The normalized spacial score (nSPS) is 20.4. The highest BCUT2D eigenvalue weighted by Crippen LogP contribution is 2.29. The van der Waals surface area contributed by atoms with Crippen molar-refractivity contribution in [3.05, 3.63) is 33.9 Å². The van der Waals surface area contributed by atoms with Gasteiger partial charge < -0.3 is 14.8 Å². The van der Waals surface area contributed by atoms with Gasteiger partial charge in [0.15, 0.2) is 5.79 Å². The van der Waals surface area contributed by atoms with Gasteiger partial charge in [-0.05, 0) is 26.0 Å². The van der Waals surface area contributed by atoms with Gasteiger partial charge in [0.2, 0.25) is 0 Å². The molecule has 1 unspecified atom stereocenters. The van der Waals surface area contributed by atoms with Gasteiger partial charge in [-0.25, -0.2) is 0 Å². The Morgan fingerprint density at radius 2 is 2.35 bits per heavy atom. The highest BCUT2D eigenvalue weighted by Gasteiger charge is 2.32. The van der Waals surface area contributed by atoms with Crippen LogP contribution in [-0.2, 0) is 9.47 Å². The van der Waals surface area contributed by atoms with Crippen molar-refractivity contribution in [2.24, 2.45) is 0 Å². The number of anilines is 1. The molecule has 1 aromatic rings. The van der Waals surface area contributed by atoms with Crippen LogP contribution in [0.15, 0.2) is 18.2 Å². The standard InChI is InChI=1S/C13H15N3O4/c1-13(2)19-8-10(20-13)7-15-11-5-3-4-9(6-14)12(11)16(17)18/h3-5,10,15H,7-8H2,1-2H3. The lowest BCUT2D eigenvalue weighted by Gasteiger charge is -2.17. The van der Waals surface area contributed by atoms with Crippen molar-refractivity contribution in [3.8, 4) is 6.07 Å². The molecule has 20 heavy (non-hydrogen) atoms. The van der Waals surface area contributed by atoms with Crippen molar-refractivity contribution in [2.45, 2.75) is 25.7 Å². The summed E-state index contributed by atoms with van der Waals surface area (Å²) < 4.78 is 11.0. The summed E-state index contributed by atoms with van der Waals surface area (Å²) in [6, 6.07) is 6.41. The third kappa shape index (κ3) is 3.04. The van der Waals surface area contributed by atoms with Gasteiger partial charge in [-0.2, -0.15) is 5.26 Å². The second-order valence-electron chi connectivity index (χ2n) is 4.90. The van der Waals surface area contributed by atoms with E-state index >= 15 is 0 Å². The fraction of sp³-hybridized carbons (Fsp3) is 0.462. The molecule has 1 aromatic carbocycles. The molecule has 0 spiro atoms. The third-order valence-corrected chi connectivity index (χ3v) is 2.93. The van der Waals surface area contributed by atoms with Crippen LogP contribution in [0, 0.1) is 21.4 Å². The monoisotopic (exact) mass is 277 g/mol. The molecule has 0 aromatic heterocycles. The number of hydrogen-bond donors (Lipinski definition) is 1. The summed E-state index contributed by atoms with van der Waals surface area (Å²) in [6.07, 6.45) is -0.185. The quantitative estimate of drug-likeness (QED) is 0.668. The lowest BCUT2D eigenvalue weighted by molar-refractivity contribution is -0.384. The van der Waals surface area contributed by atoms with Gasteiger partial charge in [0, 0.05) is 6.54 Å². The van der Waals surface area contributed by atoms with E-state index in [2.05, 4.69) is 5.32 Å².